The van der Waals surface area contributed by atoms with E-state index in [1.165, 1.54) is 22.3 Å². The van der Waals surface area contributed by atoms with E-state index in [0.29, 0.717) is 11.4 Å². The van der Waals surface area contributed by atoms with E-state index in [9.17, 15) is 8.42 Å². The fourth-order valence-electron chi connectivity index (χ4n) is 2.49. The van der Waals surface area contributed by atoms with Gasteiger partial charge in [0.05, 0.1) is 4.90 Å². The number of nitrogens with one attached hydrogen (secondary N) is 1. The third-order valence-electron chi connectivity index (χ3n) is 4.15. The normalized spacial score (nSPS) is 16.6. The minimum absolute atomic E-state index is 0.325. The lowest BCUT2D eigenvalue weighted by Crippen LogP contribution is -2.27. The Hall–Kier alpha value is -1.39. The van der Waals surface area contributed by atoms with Crippen molar-refractivity contribution in [2.45, 2.75) is 45.4 Å². The second-order valence-electron chi connectivity index (χ2n) is 5.94. The fourth-order valence-corrected chi connectivity index (χ4v) is 3.52. The molecule has 0 heterocycles. The van der Waals surface area contributed by atoms with E-state index in [-0.39, 0.29) is 0 Å². The molecule has 114 valence electrons. The van der Waals surface area contributed by atoms with E-state index >= 15 is 0 Å². The Morgan fingerprint density at radius 2 is 1.48 bits per heavy atom. The Balaban J connectivity index is 2.09. The van der Waals surface area contributed by atoms with Gasteiger partial charge in [-0.15, -0.1) is 0 Å². The molecular formula is C17H23NO2S. The fraction of sp³-hybridized carbons (Fsp3) is 0.412. The zero-order valence-corrected chi connectivity index (χ0v) is 14.0. The summed E-state index contributed by atoms with van der Waals surface area (Å²) < 4.78 is 27.3. The highest BCUT2D eigenvalue weighted by Gasteiger charge is 2.17. The molecule has 21 heavy (non-hydrogen) atoms. The summed E-state index contributed by atoms with van der Waals surface area (Å²) in [5.74, 6) is 0. The molecular weight excluding hydrogens is 282 g/mol. The molecule has 0 spiro atoms. The molecule has 0 fully saturated rings. The summed E-state index contributed by atoms with van der Waals surface area (Å²) >= 11 is 0. The molecule has 1 aliphatic carbocycles. The first-order chi connectivity index (χ1) is 9.79. The van der Waals surface area contributed by atoms with Gasteiger partial charge < -0.3 is 0 Å². The molecule has 0 unspecified atom stereocenters. The van der Waals surface area contributed by atoms with Crippen LogP contribution < -0.4 is 4.72 Å². The Kier molecular flexibility index (Phi) is 4.69. The summed E-state index contributed by atoms with van der Waals surface area (Å²) in [6, 6.07) is 6.93. The summed E-state index contributed by atoms with van der Waals surface area (Å²) in [4.78, 5) is 0.325. The molecule has 0 amide bonds. The van der Waals surface area contributed by atoms with Crippen molar-refractivity contribution in [3.05, 3.63) is 52.1 Å². The number of benzene rings is 1. The van der Waals surface area contributed by atoms with Crippen molar-refractivity contribution in [1.82, 2.24) is 4.72 Å². The van der Waals surface area contributed by atoms with Crippen LogP contribution in [0, 0.1) is 6.92 Å². The van der Waals surface area contributed by atoms with Crippen molar-refractivity contribution in [2.24, 2.45) is 0 Å². The van der Waals surface area contributed by atoms with E-state index in [0.717, 1.165) is 18.4 Å². The van der Waals surface area contributed by atoms with Gasteiger partial charge in [-0.25, -0.2) is 13.1 Å². The highest BCUT2D eigenvalue weighted by atomic mass is 32.2. The molecule has 1 aromatic rings. The Labute approximate surface area is 127 Å². The van der Waals surface area contributed by atoms with Gasteiger partial charge in [0.15, 0.2) is 0 Å². The summed E-state index contributed by atoms with van der Waals surface area (Å²) in [6.07, 6.45) is 1.82. The van der Waals surface area contributed by atoms with Gasteiger partial charge in [-0.3, -0.25) is 0 Å². The van der Waals surface area contributed by atoms with Crippen LogP contribution in [-0.4, -0.2) is 15.0 Å². The van der Waals surface area contributed by atoms with Gasteiger partial charge in [0.2, 0.25) is 10.0 Å². The van der Waals surface area contributed by atoms with Crippen LogP contribution in [0.15, 0.2) is 51.5 Å². The smallest absolute Gasteiger partial charge is 0.207 e. The van der Waals surface area contributed by atoms with E-state index in [2.05, 4.69) is 25.5 Å². The molecule has 4 heteroatoms. The molecule has 1 aromatic carbocycles. The molecule has 1 aliphatic rings. The van der Waals surface area contributed by atoms with Crippen LogP contribution in [0.5, 0.6) is 0 Å². The quantitative estimate of drug-likeness (QED) is 0.862. The van der Waals surface area contributed by atoms with Crippen LogP contribution in [0.4, 0.5) is 0 Å². The van der Waals surface area contributed by atoms with Gasteiger partial charge >= 0.3 is 0 Å². The van der Waals surface area contributed by atoms with Crippen molar-refractivity contribution >= 4 is 10.0 Å². The topological polar surface area (TPSA) is 46.2 Å². The monoisotopic (exact) mass is 305 g/mol. The standard InChI is InChI=1S/C17H23NO2S/c1-12-5-7-17(8-6-12)21(19,20)18-11-16-10-14(3)13(2)9-15(16)4/h5-8,18H,9-11H2,1-4H3. The minimum Gasteiger partial charge on any atom is -0.207 e. The summed E-state index contributed by atoms with van der Waals surface area (Å²) in [5.41, 5.74) is 6.28. The molecule has 0 radical (unpaired) electrons. The van der Waals surface area contributed by atoms with Crippen LogP contribution in [-0.2, 0) is 10.0 Å². The lowest BCUT2D eigenvalue weighted by Gasteiger charge is -2.21. The maximum absolute atomic E-state index is 12.3. The number of hydrogen-bond donors (Lipinski definition) is 1. The second kappa shape index (κ2) is 6.16. The SMILES string of the molecule is CC1=C(C)CC(CNS(=O)(=O)c2ccc(C)cc2)=C(C)C1. The molecule has 0 aromatic heterocycles. The number of sulfonamides is 1. The number of rotatable bonds is 4. The van der Waals surface area contributed by atoms with Crippen molar-refractivity contribution in [3.63, 3.8) is 0 Å². The highest BCUT2D eigenvalue weighted by molar-refractivity contribution is 7.89. The first-order valence-electron chi connectivity index (χ1n) is 7.18. The molecule has 0 atom stereocenters. The molecule has 0 saturated heterocycles. The summed E-state index contributed by atoms with van der Waals surface area (Å²) in [6.45, 7) is 8.69. The van der Waals surface area contributed by atoms with E-state index < -0.39 is 10.0 Å². The van der Waals surface area contributed by atoms with Gasteiger partial charge in [0, 0.05) is 6.54 Å². The Bertz CT molecular complexity index is 695. The van der Waals surface area contributed by atoms with E-state index in [1.54, 1.807) is 12.1 Å². The third kappa shape index (κ3) is 3.83. The number of aryl methyl sites for hydroxylation is 1. The zero-order valence-electron chi connectivity index (χ0n) is 13.2. The van der Waals surface area contributed by atoms with Crippen molar-refractivity contribution in [2.75, 3.05) is 6.54 Å². The van der Waals surface area contributed by atoms with Crippen LogP contribution in [0.2, 0.25) is 0 Å². The lowest BCUT2D eigenvalue weighted by atomic mass is 9.88. The van der Waals surface area contributed by atoms with Crippen molar-refractivity contribution in [1.29, 1.82) is 0 Å². The van der Waals surface area contributed by atoms with Gasteiger partial charge in [-0.05, 0) is 52.7 Å². The second-order valence-corrected chi connectivity index (χ2v) is 7.70. The maximum atomic E-state index is 12.3. The average Bonchev–Trinajstić information content (AvgIpc) is 2.42. The lowest BCUT2D eigenvalue weighted by molar-refractivity contribution is 0.584. The minimum atomic E-state index is -3.43. The Morgan fingerprint density at radius 3 is 2.10 bits per heavy atom. The predicted octanol–water partition coefficient (Wildman–Crippen LogP) is 3.72. The first kappa shape index (κ1) is 16.0. The average molecular weight is 305 g/mol. The van der Waals surface area contributed by atoms with Crippen LogP contribution >= 0.6 is 0 Å². The van der Waals surface area contributed by atoms with Crippen LogP contribution in [0.25, 0.3) is 0 Å². The molecule has 0 saturated carbocycles. The number of allylic oxidation sites excluding steroid dienone is 3. The largest absolute Gasteiger partial charge is 0.240 e. The van der Waals surface area contributed by atoms with E-state index in [1.807, 2.05) is 19.1 Å². The van der Waals surface area contributed by atoms with Crippen molar-refractivity contribution < 1.29 is 8.42 Å². The number of hydrogen-bond acceptors (Lipinski definition) is 2. The summed E-state index contributed by atoms with van der Waals surface area (Å²) in [5, 5.41) is 0. The van der Waals surface area contributed by atoms with Crippen LogP contribution in [0.3, 0.4) is 0 Å². The highest BCUT2D eigenvalue weighted by Crippen LogP contribution is 2.29. The molecule has 0 bridgehead atoms. The molecule has 0 aliphatic heterocycles. The maximum Gasteiger partial charge on any atom is 0.240 e. The van der Waals surface area contributed by atoms with Crippen molar-refractivity contribution in [3.8, 4) is 0 Å². The van der Waals surface area contributed by atoms with Gasteiger partial charge in [0.25, 0.3) is 0 Å². The van der Waals surface area contributed by atoms with Gasteiger partial charge in [-0.1, -0.05) is 40.0 Å². The zero-order chi connectivity index (χ0) is 15.6. The molecule has 2 rings (SSSR count). The predicted molar refractivity (Wildman–Crippen MR) is 86.7 cm³/mol. The Morgan fingerprint density at radius 1 is 0.905 bits per heavy atom. The van der Waals surface area contributed by atoms with Gasteiger partial charge in [-0.2, -0.15) is 0 Å². The van der Waals surface area contributed by atoms with E-state index in [4.69, 9.17) is 0 Å². The van der Waals surface area contributed by atoms with Gasteiger partial charge in [0.1, 0.15) is 0 Å². The summed E-state index contributed by atoms with van der Waals surface area (Å²) in [7, 11) is -3.43. The molecule has 3 nitrogen and oxygen atoms in total. The molecule has 1 N–H and O–H groups in total. The van der Waals surface area contributed by atoms with Crippen LogP contribution in [0.1, 0.15) is 39.2 Å². The third-order valence-corrected chi connectivity index (χ3v) is 5.56. The first-order valence-corrected chi connectivity index (χ1v) is 8.67.